The molecule has 1 aliphatic heterocycles. The Bertz CT molecular complexity index is 999. The molecule has 0 spiro atoms. The van der Waals surface area contributed by atoms with E-state index in [1.54, 1.807) is 12.1 Å². The molecule has 0 saturated carbocycles. The van der Waals surface area contributed by atoms with Gasteiger partial charge in [0.2, 0.25) is 0 Å². The van der Waals surface area contributed by atoms with Crippen LogP contribution >= 0.6 is 23.2 Å². The minimum Gasteiger partial charge on any atom is -0.306 e. The molecule has 0 radical (unpaired) electrons. The summed E-state index contributed by atoms with van der Waals surface area (Å²) in [4.78, 5) is 22.4. The zero-order chi connectivity index (χ0) is 18.1. The van der Waals surface area contributed by atoms with E-state index in [2.05, 4.69) is 14.9 Å². The quantitative estimate of drug-likeness (QED) is 0.730. The number of nitrogens with one attached hydrogen (secondary N) is 1. The van der Waals surface area contributed by atoms with Gasteiger partial charge in [0.1, 0.15) is 5.82 Å². The van der Waals surface area contributed by atoms with Crippen LogP contribution < -0.4 is 5.56 Å². The first-order valence-electron chi connectivity index (χ1n) is 8.43. The van der Waals surface area contributed by atoms with E-state index in [4.69, 9.17) is 23.2 Å². The standard InChI is InChI=1S/C20H17Cl2N3O/c21-15-6-4-14(5-7-15)19-23-18-8-9-25(12-17(18)20(26)24-19)11-13-2-1-3-16(22)10-13/h1-7,10H,8-9,11-12H2,(H,23,24,26). The molecule has 0 fully saturated rings. The van der Waals surface area contributed by atoms with Crippen molar-refractivity contribution in [3.8, 4) is 11.4 Å². The fourth-order valence-electron chi connectivity index (χ4n) is 3.25. The summed E-state index contributed by atoms with van der Waals surface area (Å²) in [7, 11) is 0. The average molecular weight is 386 g/mol. The number of nitrogens with zero attached hydrogens (tertiary/aromatic N) is 2. The number of hydrogen-bond donors (Lipinski definition) is 1. The fourth-order valence-corrected chi connectivity index (χ4v) is 3.59. The molecule has 2 aromatic carbocycles. The molecule has 4 nitrogen and oxygen atoms in total. The van der Waals surface area contributed by atoms with Crippen molar-refractivity contribution in [2.24, 2.45) is 0 Å². The number of aromatic amines is 1. The molecule has 0 atom stereocenters. The molecule has 0 unspecified atom stereocenters. The van der Waals surface area contributed by atoms with Crippen molar-refractivity contribution >= 4 is 23.2 Å². The summed E-state index contributed by atoms with van der Waals surface area (Å²) < 4.78 is 0. The van der Waals surface area contributed by atoms with Crippen molar-refractivity contribution in [2.45, 2.75) is 19.5 Å². The molecule has 0 aliphatic carbocycles. The fraction of sp³-hybridized carbons (Fsp3) is 0.200. The van der Waals surface area contributed by atoms with Crippen LogP contribution in [0.5, 0.6) is 0 Å². The van der Waals surface area contributed by atoms with Crippen molar-refractivity contribution in [2.75, 3.05) is 6.54 Å². The first kappa shape index (κ1) is 17.3. The van der Waals surface area contributed by atoms with E-state index in [9.17, 15) is 4.79 Å². The van der Waals surface area contributed by atoms with Crippen molar-refractivity contribution in [1.29, 1.82) is 0 Å². The molecule has 132 valence electrons. The maximum Gasteiger partial charge on any atom is 0.255 e. The summed E-state index contributed by atoms with van der Waals surface area (Å²) >= 11 is 12.0. The van der Waals surface area contributed by atoms with Gasteiger partial charge in [0.15, 0.2) is 0 Å². The Morgan fingerprint density at radius 3 is 2.65 bits per heavy atom. The smallest absolute Gasteiger partial charge is 0.255 e. The third-order valence-corrected chi connectivity index (χ3v) is 5.05. The molecule has 0 bridgehead atoms. The Hall–Kier alpha value is -2.14. The molecule has 0 saturated heterocycles. The molecule has 4 rings (SSSR count). The van der Waals surface area contributed by atoms with Crippen LogP contribution in [0.25, 0.3) is 11.4 Å². The molecule has 1 aromatic heterocycles. The first-order valence-corrected chi connectivity index (χ1v) is 9.19. The molecule has 1 N–H and O–H groups in total. The largest absolute Gasteiger partial charge is 0.306 e. The molecule has 3 aromatic rings. The molecule has 6 heteroatoms. The summed E-state index contributed by atoms with van der Waals surface area (Å²) in [6.07, 6.45) is 0.750. The maximum atomic E-state index is 12.6. The topological polar surface area (TPSA) is 49.0 Å². The van der Waals surface area contributed by atoms with E-state index in [1.807, 2.05) is 36.4 Å². The van der Waals surface area contributed by atoms with Crippen LogP contribution in [0.15, 0.2) is 53.3 Å². The van der Waals surface area contributed by atoms with Crippen LogP contribution in [0.1, 0.15) is 16.8 Å². The normalized spacial score (nSPS) is 14.2. The van der Waals surface area contributed by atoms with Gasteiger partial charge in [0.05, 0.1) is 11.3 Å². The van der Waals surface area contributed by atoms with Crippen LogP contribution in [0.3, 0.4) is 0 Å². The minimum absolute atomic E-state index is 0.0734. The predicted molar refractivity (Wildman–Crippen MR) is 105 cm³/mol. The molecule has 2 heterocycles. The second-order valence-corrected chi connectivity index (χ2v) is 7.31. The van der Waals surface area contributed by atoms with E-state index in [0.717, 1.165) is 46.9 Å². The number of fused-ring (bicyclic) bond motifs is 1. The van der Waals surface area contributed by atoms with E-state index in [0.29, 0.717) is 17.4 Å². The lowest BCUT2D eigenvalue weighted by molar-refractivity contribution is 0.242. The molecular weight excluding hydrogens is 369 g/mol. The lowest BCUT2D eigenvalue weighted by Crippen LogP contribution is -2.35. The van der Waals surface area contributed by atoms with Crippen molar-refractivity contribution in [1.82, 2.24) is 14.9 Å². The predicted octanol–water partition coefficient (Wildman–Crippen LogP) is 4.30. The summed E-state index contributed by atoms with van der Waals surface area (Å²) in [5.74, 6) is 0.591. The van der Waals surface area contributed by atoms with Gasteiger partial charge in [-0.1, -0.05) is 35.3 Å². The van der Waals surface area contributed by atoms with E-state index >= 15 is 0 Å². The second-order valence-electron chi connectivity index (χ2n) is 6.44. The highest BCUT2D eigenvalue weighted by atomic mass is 35.5. The Morgan fingerprint density at radius 1 is 1.08 bits per heavy atom. The summed E-state index contributed by atoms with van der Waals surface area (Å²) in [6, 6.07) is 15.1. The summed E-state index contributed by atoms with van der Waals surface area (Å²) in [5, 5.41) is 1.39. The summed E-state index contributed by atoms with van der Waals surface area (Å²) in [5.41, 5.74) is 3.55. The minimum atomic E-state index is -0.0734. The number of H-pyrrole nitrogens is 1. The zero-order valence-corrected chi connectivity index (χ0v) is 15.5. The van der Waals surface area contributed by atoms with E-state index in [1.165, 1.54) is 0 Å². The van der Waals surface area contributed by atoms with Crippen LogP contribution in [0.2, 0.25) is 10.0 Å². The molecular formula is C20H17Cl2N3O. The monoisotopic (exact) mass is 385 g/mol. The van der Waals surface area contributed by atoms with Gasteiger partial charge in [-0.05, 0) is 42.0 Å². The van der Waals surface area contributed by atoms with Gasteiger partial charge in [-0.15, -0.1) is 0 Å². The van der Waals surface area contributed by atoms with Gasteiger partial charge < -0.3 is 4.98 Å². The van der Waals surface area contributed by atoms with Gasteiger partial charge in [-0.3, -0.25) is 9.69 Å². The highest BCUT2D eigenvalue weighted by Gasteiger charge is 2.21. The third-order valence-electron chi connectivity index (χ3n) is 4.56. The third kappa shape index (κ3) is 3.68. The van der Waals surface area contributed by atoms with Gasteiger partial charge in [0.25, 0.3) is 5.56 Å². The molecule has 26 heavy (non-hydrogen) atoms. The Balaban J connectivity index is 1.58. The SMILES string of the molecule is O=c1[nH]c(-c2ccc(Cl)cc2)nc2c1CN(Cc1cccc(Cl)c1)CC2. The van der Waals surface area contributed by atoms with Crippen molar-refractivity contribution < 1.29 is 0 Å². The van der Waals surface area contributed by atoms with E-state index < -0.39 is 0 Å². The number of halogens is 2. The van der Waals surface area contributed by atoms with Crippen LogP contribution in [0.4, 0.5) is 0 Å². The van der Waals surface area contributed by atoms with Crippen molar-refractivity contribution in [3.05, 3.63) is 85.8 Å². The lowest BCUT2D eigenvalue weighted by Gasteiger charge is -2.27. The molecule has 1 aliphatic rings. The Kier molecular flexibility index (Phi) is 4.81. The lowest BCUT2D eigenvalue weighted by atomic mass is 10.1. The average Bonchev–Trinajstić information content (AvgIpc) is 2.63. The number of rotatable bonds is 3. The maximum absolute atomic E-state index is 12.6. The molecule has 0 amide bonds. The summed E-state index contributed by atoms with van der Waals surface area (Å²) in [6.45, 7) is 2.21. The van der Waals surface area contributed by atoms with Gasteiger partial charge in [-0.2, -0.15) is 0 Å². The van der Waals surface area contributed by atoms with Crippen molar-refractivity contribution in [3.63, 3.8) is 0 Å². The van der Waals surface area contributed by atoms with E-state index in [-0.39, 0.29) is 5.56 Å². The Labute approximate surface area is 161 Å². The highest BCUT2D eigenvalue weighted by Crippen LogP contribution is 2.22. The second kappa shape index (κ2) is 7.23. The number of aromatic nitrogens is 2. The van der Waals surface area contributed by atoms with Gasteiger partial charge in [-0.25, -0.2) is 4.98 Å². The van der Waals surface area contributed by atoms with Gasteiger partial charge in [0, 0.05) is 41.7 Å². The van der Waals surface area contributed by atoms with Crippen LogP contribution in [-0.4, -0.2) is 21.4 Å². The number of benzene rings is 2. The Morgan fingerprint density at radius 2 is 1.88 bits per heavy atom. The van der Waals surface area contributed by atoms with Crippen LogP contribution in [-0.2, 0) is 19.5 Å². The number of hydrogen-bond acceptors (Lipinski definition) is 3. The zero-order valence-electron chi connectivity index (χ0n) is 14.0. The van der Waals surface area contributed by atoms with Crippen LogP contribution in [0, 0.1) is 0 Å². The van der Waals surface area contributed by atoms with Gasteiger partial charge >= 0.3 is 0 Å². The highest BCUT2D eigenvalue weighted by molar-refractivity contribution is 6.30. The first-order chi connectivity index (χ1) is 12.6.